The van der Waals surface area contributed by atoms with Crippen molar-refractivity contribution in [3.05, 3.63) is 42.2 Å². The first-order valence-corrected chi connectivity index (χ1v) is 5.32. The summed E-state index contributed by atoms with van der Waals surface area (Å²) < 4.78 is 38.7. The van der Waals surface area contributed by atoms with E-state index in [4.69, 9.17) is 0 Å². The minimum Gasteiger partial charge on any atom is -0.272 e. The van der Waals surface area contributed by atoms with Crippen LogP contribution in [0.1, 0.15) is 5.56 Å². The molecule has 0 aliphatic rings. The van der Waals surface area contributed by atoms with E-state index in [-0.39, 0.29) is 0 Å². The van der Waals surface area contributed by atoms with Gasteiger partial charge in [-0.15, -0.1) is 0 Å². The second kappa shape index (κ2) is 4.08. The minimum absolute atomic E-state index is 0.634. The molecule has 0 bridgehead atoms. The maximum atomic E-state index is 12.3. The Kier molecular flexibility index (Phi) is 2.92. The largest absolute Gasteiger partial charge is 0.416 e. The van der Waals surface area contributed by atoms with Crippen LogP contribution in [-0.4, -0.2) is 7.76 Å². The lowest BCUT2D eigenvalue weighted by Crippen LogP contribution is -2.04. The van der Waals surface area contributed by atoms with Crippen molar-refractivity contribution in [1.29, 1.82) is 0 Å². The minimum atomic E-state index is -4.29. The Hall–Kier alpha value is -1.05. The third-order valence-electron chi connectivity index (χ3n) is 2.07. The zero-order valence-electron chi connectivity index (χ0n) is 7.87. The predicted octanol–water partition coefficient (Wildman–Crippen LogP) is 3.77. The highest BCUT2D eigenvalue weighted by molar-refractivity contribution is 14.1. The standard InChI is InChI=1S/C10H6F3IN2/c11-10(12,13)8-3-1-7(2-4-8)9-15-5-6-16(9)14/h1-6H. The molecule has 2 rings (SSSR count). The summed E-state index contributed by atoms with van der Waals surface area (Å²) in [4.78, 5) is 4.05. The van der Waals surface area contributed by atoms with Gasteiger partial charge in [0.05, 0.1) is 28.4 Å². The zero-order chi connectivity index (χ0) is 11.8. The summed E-state index contributed by atoms with van der Waals surface area (Å²) in [6, 6.07) is 4.95. The van der Waals surface area contributed by atoms with Gasteiger partial charge in [0, 0.05) is 18.0 Å². The molecule has 0 N–H and O–H groups in total. The second-order valence-corrected chi connectivity index (χ2v) is 4.18. The highest BCUT2D eigenvalue weighted by Gasteiger charge is 2.30. The Morgan fingerprint density at radius 1 is 1.12 bits per heavy atom. The van der Waals surface area contributed by atoms with Gasteiger partial charge in [0.15, 0.2) is 0 Å². The molecule has 6 heteroatoms. The van der Waals surface area contributed by atoms with Crippen LogP contribution in [0.15, 0.2) is 36.7 Å². The molecular weight excluding hydrogens is 332 g/mol. The maximum absolute atomic E-state index is 12.3. The monoisotopic (exact) mass is 338 g/mol. The summed E-state index contributed by atoms with van der Waals surface area (Å²) in [7, 11) is 0. The van der Waals surface area contributed by atoms with Gasteiger partial charge in [-0.05, 0) is 12.1 Å². The third-order valence-corrected chi connectivity index (χ3v) is 2.85. The molecule has 0 fully saturated rings. The van der Waals surface area contributed by atoms with Crippen molar-refractivity contribution >= 4 is 22.9 Å². The summed E-state index contributed by atoms with van der Waals surface area (Å²) in [6.07, 6.45) is -0.967. The predicted molar refractivity (Wildman–Crippen MR) is 62.1 cm³/mol. The topological polar surface area (TPSA) is 17.8 Å². The Balaban J connectivity index is 2.37. The van der Waals surface area contributed by atoms with Gasteiger partial charge in [-0.1, -0.05) is 12.1 Å². The van der Waals surface area contributed by atoms with E-state index in [1.54, 1.807) is 15.2 Å². The number of hydrogen-bond acceptors (Lipinski definition) is 1. The van der Waals surface area contributed by atoms with Crippen LogP contribution in [0, 0.1) is 0 Å². The molecule has 0 aliphatic carbocycles. The molecule has 16 heavy (non-hydrogen) atoms. The van der Waals surface area contributed by atoms with Gasteiger partial charge in [-0.2, -0.15) is 13.2 Å². The smallest absolute Gasteiger partial charge is 0.272 e. The van der Waals surface area contributed by atoms with Gasteiger partial charge in [0.1, 0.15) is 5.82 Å². The van der Waals surface area contributed by atoms with Gasteiger partial charge >= 0.3 is 6.18 Å². The first-order chi connectivity index (χ1) is 7.48. The molecule has 0 unspecified atom stereocenters. The quantitative estimate of drug-likeness (QED) is 0.724. The lowest BCUT2D eigenvalue weighted by atomic mass is 10.1. The van der Waals surface area contributed by atoms with Crippen molar-refractivity contribution in [3.63, 3.8) is 0 Å². The van der Waals surface area contributed by atoms with E-state index in [0.717, 1.165) is 12.1 Å². The molecule has 84 valence electrons. The average molecular weight is 338 g/mol. The third kappa shape index (κ3) is 2.21. The van der Waals surface area contributed by atoms with Gasteiger partial charge in [0.25, 0.3) is 0 Å². The molecule has 2 nitrogen and oxygen atoms in total. The van der Waals surface area contributed by atoms with Crippen molar-refractivity contribution in [2.45, 2.75) is 6.18 Å². The number of halogens is 4. The molecule has 1 aromatic carbocycles. The first kappa shape index (κ1) is 11.4. The Bertz CT molecular complexity index is 488. The molecule has 1 heterocycles. The van der Waals surface area contributed by atoms with Crippen LogP contribution in [0.4, 0.5) is 13.2 Å². The summed E-state index contributed by atoms with van der Waals surface area (Å²) in [5, 5.41) is 0. The second-order valence-electron chi connectivity index (χ2n) is 3.14. The van der Waals surface area contributed by atoms with Gasteiger partial charge in [0.2, 0.25) is 0 Å². The fourth-order valence-electron chi connectivity index (χ4n) is 1.29. The lowest BCUT2D eigenvalue weighted by Gasteiger charge is -2.07. The molecule has 0 saturated carbocycles. The Morgan fingerprint density at radius 2 is 1.75 bits per heavy atom. The van der Waals surface area contributed by atoms with Crippen LogP contribution < -0.4 is 0 Å². The van der Waals surface area contributed by atoms with Crippen molar-refractivity contribution in [3.8, 4) is 11.4 Å². The van der Waals surface area contributed by atoms with E-state index in [1.807, 2.05) is 22.9 Å². The normalized spacial score (nSPS) is 11.8. The number of nitrogens with zero attached hydrogens (tertiary/aromatic N) is 2. The van der Waals surface area contributed by atoms with Crippen molar-refractivity contribution in [1.82, 2.24) is 7.76 Å². The molecule has 0 aliphatic heterocycles. The Morgan fingerprint density at radius 3 is 2.19 bits per heavy atom. The average Bonchev–Trinajstić information content (AvgIpc) is 2.63. The summed E-state index contributed by atoms with van der Waals surface area (Å²) >= 11 is 2.02. The van der Waals surface area contributed by atoms with Crippen molar-refractivity contribution < 1.29 is 13.2 Å². The fourth-order valence-corrected chi connectivity index (χ4v) is 1.84. The van der Waals surface area contributed by atoms with E-state index >= 15 is 0 Å². The maximum Gasteiger partial charge on any atom is 0.416 e. The van der Waals surface area contributed by atoms with Crippen LogP contribution >= 0.6 is 22.9 Å². The van der Waals surface area contributed by atoms with Crippen LogP contribution in [0.2, 0.25) is 0 Å². The fraction of sp³-hybridized carbons (Fsp3) is 0.100. The molecule has 0 atom stereocenters. The van der Waals surface area contributed by atoms with Gasteiger partial charge in [-0.3, -0.25) is 2.78 Å². The molecule has 0 saturated heterocycles. The van der Waals surface area contributed by atoms with E-state index in [2.05, 4.69) is 4.98 Å². The van der Waals surface area contributed by atoms with Gasteiger partial charge < -0.3 is 0 Å². The van der Waals surface area contributed by atoms with Crippen molar-refractivity contribution in [2.75, 3.05) is 0 Å². The zero-order valence-corrected chi connectivity index (χ0v) is 10.0. The van der Waals surface area contributed by atoms with E-state index < -0.39 is 11.7 Å². The number of hydrogen-bond donors (Lipinski definition) is 0. The number of aromatic nitrogens is 2. The van der Waals surface area contributed by atoms with E-state index in [0.29, 0.717) is 11.4 Å². The van der Waals surface area contributed by atoms with Crippen molar-refractivity contribution in [2.24, 2.45) is 0 Å². The van der Waals surface area contributed by atoms with Crippen LogP contribution in [0.25, 0.3) is 11.4 Å². The molecule has 0 amide bonds. The summed E-state index contributed by atoms with van der Waals surface area (Å²) in [6.45, 7) is 0. The lowest BCUT2D eigenvalue weighted by molar-refractivity contribution is -0.137. The Labute approximate surface area is 104 Å². The number of alkyl halides is 3. The van der Waals surface area contributed by atoms with Crippen LogP contribution in [-0.2, 0) is 6.18 Å². The number of benzene rings is 1. The number of imidazole rings is 1. The highest BCUT2D eigenvalue weighted by atomic mass is 127. The molecule has 2 aromatic rings. The molecule has 1 aromatic heterocycles. The summed E-state index contributed by atoms with van der Waals surface area (Å²) in [5.74, 6) is 0.634. The SMILES string of the molecule is FC(F)(F)c1ccc(-c2nccn2I)cc1. The molecule has 0 radical (unpaired) electrons. The highest BCUT2D eigenvalue weighted by Crippen LogP contribution is 2.30. The van der Waals surface area contributed by atoms with Crippen LogP contribution in [0.3, 0.4) is 0 Å². The van der Waals surface area contributed by atoms with Gasteiger partial charge in [-0.25, -0.2) is 4.98 Å². The summed E-state index contributed by atoms with van der Waals surface area (Å²) in [5.41, 5.74) is 0.00946. The van der Waals surface area contributed by atoms with E-state index in [9.17, 15) is 13.2 Å². The molecule has 0 spiro atoms. The van der Waals surface area contributed by atoms with Crippen LogP contribution in [0.5, 0.6) is 0 Å². The van der Waals surface area contributed by atoms with E-state index in [1.165, 1.54) is 12.1 Å². The molecular formula is C10H6F3IN2. The first-order valence-electron chi connectivity index (χ1n) is 4.35. The number of rotatable bonds is 1.